The van der Waals surface area contributed by atoms with Crippen molar-refractivity contribution in [2.75, 3.05) is 49.8 Å². The van der Waals surface area contributed by atoms with Gasteiger partial charge in [-0.1, -0.05) is 35.9 Å². The lowest BCUT2D eigenvalue weighted by Gasteiger charge is -2.52. The predicted octanol–water partition coefficient (Wildman–Crippen LogP) is 7.11. The van der Waals surface area contributed by atoms with Crippen LogP contribution in [0.1, 0.15) is 31.0 Å². The molecule has 1 unspecified atom stereocenters. The molecule has 1 atom stereocenters. The molecule has 1 saturated heterocycles. The highest BCUT2D eigenvalue weighted by Crippen LogP contribution is 2.46. The van der Waals surface area contributed by atoms with Gasteiger partial charge >= 0.3 is 0 Å². The highest BCUT2D eigenvalue weighted by molar-refractivity contribution is 7.23. The first-order chi connectivity index (χ1) is 21.9. The molecular formula is C33H30ClF2N9S. The molecule has 6 aromatic rings. The van der Waals surface area contributed by atoms with E-state index in [1.807, 2.05) is 56.1 Å². The number of fused-ring (bicyclic) bond motifs is 3. The first kappa shape index (κ1) is 30.1. The molecule has 3 N–H and O–H groups in total. The standard InChI is InChI=1S/C33H30ClF2N9S/c1-16(18-8-6-7-17-13-39-42-27(17)18)44(5)31-20-11-22(34)25(19-9-10-23(35)29-24(19)21(12-37)30(38)46-29)26(36)28(20)40-32(41-31)45-14-33(2,15-45)43(3)4/h6-11,13,16H,14-15,38H2,1-5H3,(H,39,42). The summed E-state index contributed by atoms with van der Waals surface area (Å²) in [6.45, 7) is 5.50. The van der Waals surface area contributed by atoms with Crippen LogP contribution in [0.3, 0.4) is 0 Å². The van der Waals surface area contributed by atoms with Gasteiger partial charge in [0.2, 0.25) is 5.95 Å². The molecular weight excluding hydrogens is 628 g/mol. The molecule has 234 valence electrons. The second kappa shape index (κ2) is 10.8. The quantitative estimate of drug-likeness (QED) is 0.195. The largest absolute Gasteiger partial charge is 0.389 e. The zero-order valence-corrected chi connectivity index (χ0v) is 27.4. The van der Waals surface area contributed by atoms with Gasteiger partial charge in [0.25, 0.3) is 0 Å². The van der Waals surface area contributed by atoms with Crippen LogP contribution >= 0.6 is 22.9 Å². The number of hydrogen-bond acceptors (Lipinski definition) is 9. The van der Waals surface area contributed by atoms with Crippen LogP contribution in [0, 0.1) is 23.0 Å². The van der Waals surface area contributed by atoms with Crippen LogP contribution in [-0.4, -0.2) is 64.8 Å². The Morgan fingerprint density at radius 1 is 1.17 bits per heavy atom. The van der Waals surface area contributed by atoms with Gasteiger partial charge in [0.15, 0.2) is 5.82 Å². The van der Waals surface area contributed by atoms with Gasteiger partial charge in [-0.15, -0.1) is 11.3 Å². The molecule has 3 aromatic heterocycles. The van der Waals surface area contributed by atoms with E-state index in [0.29, 0.717) is 30.2 Å². The number of rotatable bonds is 6. The molecule has 3 aromatic carbocycles. The minimum Gasteiger partial charge on any atom is -0.389 e. The number of H-pyrrole nitrogens is 1. The van der Waals surface area contributed by atoms with E-state index >= 15 is 4.39 Å². The average Bonchev–Trinajstić information content (AvgIpc) is 3.64. The summed E-state index contributed by atoms with van der Waals surface area (Å²) in [5.41, 5.74) is 8.32. The number of nitrogens with zero attached hydrogens (tertiary/aromatic N) is 7. The van der Waals surface area contributed by atoms with Crippen LogP contribution in [-0.2, 0) is 0 Å². The summed E-state index contributed by atoms with van der Waals surface area (Å²) in [4.78, 5) is 15.9. The average molecular weight is 658 g/mol. The lowest BCUT2D eigenvalue weighted by Crippen LogP contribution is -2.67. The molecule has 0 spiro atoms. The first-order valence-corrected chi connectivity index (χ1v) is 15.8. The number of likely N-dealkylation sites (N-methyl/N-ethyl adjacent to an activating group) is 1. The van der Waals surface area contributed by atoms with Gasteiger partial charge in [-0.3, -0.25) is 5.10 Å². The molecule has 46 heavy (non-hydrogen) atoms. The van der Waals surface area contributed by atoms with Crippen molar-refractivity contribution in [2.45, 2.75) is 25.4 Å². The van der Waals surface area contributed by atoms with Crippen molar-refractivity contribution >= 4 is 71.6 Å². The predicted molar refractivity (Wildman–Crippen MR) is 182 cm³/mol. The van der Waals surface area contributed by atoms with Gasteiger partial charge in [-0.2, -0.15) is 15.3 Å². The van der Waals surface area contributed by atoms with Gasteiger partial charge in [-0.25, -0.2) is 13.8 Å². The van der Waals surface area contributed by atoms with E-state index in [-0.39, 0.29) is 53.9 Å². The zero-order valence-electron chi connectivity index (χ0n) is 25.8. The lowest BCUT2D eigenvalue weighted by atomic mass is 9.91. The van der Waals surface area contributed by atoms with Crippen LogP contribution in [0.25, 0.3) is 43.0 Å². The molecule has 1 aliphatic heterocycles. The molecule has 0 bridgehead atoms. The van der Waals surface area contributed by atoms with E-state index < -0.39 is 11.6 Å². The smallest absolute Gasteiger partial charge is 0.228 e. The summed E-state index contributed by atoms with van der Waals surface area (Å²) in [6.07, 6.45) is 1.78. The molecule has 7 rings (SSSR count). The van der Waals surface area contributed by atoms with Crippen LogP contribution < -0.4 is 15.5 Å². The van der Waals surface area contributed by atoms with Gasteiger partial charge in [0.1, 0.15) is 28.2 Å². The second-order valence-corrected chi connectivity index (χ2v) is 13.7. The number of para-hydroxylation sites is 1. The van der Waals surface area contributed by atoms with Crippen LogP contribution in [0.15, 0.2) is 42.6 Å². The van der Waals surface area contributed by atoms with Crippen molar-refractivity contribution in [1.29, 1.82) is 5.26 Å². The third-order valence-electron chi connectivity index (χ3n) is 9.35. The Hall–Kier alpha value is -4.57. The minimum absolute atomic E-state index is 0.0173. The van der Waals surface area contributed by atoms with Crippen molar-refractivity contribution < 1.29 is 8.78 Å². The van der Waals surface area contributed by atoms with E-state index in [1.165, 1.54) is 12.1 Å². The number of aromatic nitrogens is 4. The minimum atomic E-state index is -0.693. The fourth-order valence-corrected chi connectivity index (χ4v) is 7.51. The Labute approximate surface area is 272 Å². The molecule has 4 heterocycles. The number of halogens is 3. The van der Waals surface area contributed by atoms with Crippen LogP contribution in [0.2, 0.25) is 5.02 Å². The Kier molecular flexibility index (Phi) is 7.04. The molecule has 9 nitrogen and oxygen atoms in total. The Morgan fingerprint density at radius 2 is 1.93 bits per heavy atom. The maximum absolute atomic E-state index is 17.0. The number of nitrogens with one attached hydrogen (secondary N) is 1. The number of aromatic amines is 1. The fourth-order valence-electron chi connectivity index (χ4n) is 6.27. The number of thiophene rings is 1. The summed E-state index contributed by atoms with van der Waals surface area (Å²) >= 11 is 7.83. The molecule has 0 radical (unpaired) electrons. The molecule has 13 heteroatoms. The second-order valence-electron chi connectivity index (χ2n) is 12.3. The molecule has 0 saturated carbocycles. The van der Waals surface area contributed by atoms with E-state index in [1.54, 1.807) is 12.3 Å². The number of nitriles is 1. The maximum atomic E-state index is 17.0. The SMILES string of the molecule is CC(c1cccc2cn[nH]c12)N(C)c1nc(N2CC(C)(N(C)C)C2)nc2c(F)c(-c3ccc(F)c4sc(N)c(C#N)c34)c(Cl)cc12. The first-order valence-electron chi connectivity index (χ1n) is 14.6. The van der Waals surface area contributed by atoms with Gasteiger partial charge < -0.3 is 20.4 Å². The topological polar surface area (TPSA) is 114 Å². The summed E-state index contributed by atoms with van der Waals surface area (Å²) in [5, 5.41) is 19.0. The number of nitrogens with two attached hydrogens (primary N) is 1. The van der Waals surface area contributed by atoms with Crippen LogP contribution in [0.4, 0.5) is 25.5 Å². The third-order valence-corrected chi connectivity index (χ3v) is 10.7. The van der Waals surface area contributed by atoms with Crippen molar-refractivity contribution in [3.63, 3.8) is 0 Å². The van der Waals surface area contributed by atoms with E-state index in [2.05, 4.69) is 28.1 Å². The summed E-state index contributed by atoms with van der Waals surface area (Å²) in [5.74, 6) is -0.363. The number of nitrogen functional groups attached to an aromatic ring is 1. The fraction of sp³-hybridized carbons (Fsp3) is 0.273. The normalized spacial score (nSPS) is 15.1. The van der Waals surface area contributed by atoms with E-state index in [0.717, 1.165) is 27.8 Å². The highest BCUT2D eigenvalue weighted by Gasteiger charge is 2.42. The zero-order chi connectivity index (χ0) is 32.7. The summed E-state index contributed by atoms with van der Waals surface area (Å²) in [7, 11) is 5.96. The Morgan fingerprint density at radius 3 is 2.65 bits per heavy atom. The Bertz CT molecular complexity index is 2230. The van der Waals surface area contributed by atoms with Crippen molar-refractivity contribution in [3.8, 4) is 17.2 Å². The van der Waals surface area contributed by atoms with Gasteiger partial charge in [0.05, 0.1) is 38.6 Å². The number of benzene rings is 3. The monoisotopic (exact) mass is 657 g/mol. The summed E-state index contributed by atoms with van der Waals surface area (Å²) in [6, 6.07) is 12.1. The number of hydrogen-bond donors (Lipinski definition) is 2. The van der Waals surface area contributed by atoms with E-state index in [9.17, 15) is 9.65 Å². The van der Waals surface area contributed by atoms with Gasteiger partial charge in [-0.05, 0) is 51.2 Å². The third kappa shape index (κ3) is 4.45. The lowest BCUT2D eigenvalue weighted by molar-refractivity contribution is 0.132. The van der Waals surface area contributed by atoms with Gasteiger partial charge in [0, 0.05) is 41.9 Å². The Balaban J connectivity index is 1.45. The highest BCUT2D eigenvalue weighted by atomic mass is 35.5. The maximum Gasteiger partial charge on any atom is 0.228 e. The van der Waals surface area contributed by atoms with Crippen LogP contribution in [0.5, 0.6) is 0 Å². The van der Waals surface area contributed by atoms with Crippen molar-refractivity contribution in [2.24, 2.45) is 0 Å². The molecule has 0 amide bonds. The van der Waals surface area contributed by atoms with Crippen molar-refractivity contribution in [1.82, 2.24) is 25.1 Å². The molecule has 1 aliphatic rings. The number of anilines is 3. The summed E-state index contributed by atoms with van der Waals surface area (Å²) < 4.78 is 32.1. The van der Waals surface area contributed by atoms with E-state index in [4.69, 9.17) is 27.3 Å². The molecule has 0 aliphatic carbocycles. The molecule has 1 fully saturated rings. The van der Waals surface area contributed by atoms with Crippen molar-refractivity contribution in [3.05, 3.63) is 70.4 Å².